The molecule has 2 aromatic carbocycles. The van der Waals surface area contributed by atoms with Crippen molar-refractivity contribution >= 4 is 27.5 Å². The van der Waals surface area contributed by atoms with Crippen LogP contribution in [0.15, 0.2) is 54.6 Å². The number of rotatable bonds is 10. The van der Waals surface area contributed by atoms with E-state index in [0.717, 1.165) is 29.7 Å². The van der Waals surface area contributed by atoms with Crippen LogP contribution in [-0.2, 0) is 20.4 Å². The SMILES string of the molecule is C[C@H](NC(=O)NCCCS(=O)(=O)Cc1ccccc1)c1ccc(NC(=O)C2CC2)cc1. The zero-order valence-corrected chi connectivity index (χ0v) is 18.5. The molecular weight excluding hydrogens is 414 g/mol. The smallest absolute Gasteiger partial charge is 0.315 e. The highest BCUT2D eigenvalue weighted by molar-refractivity contribution is 7.90. The highest BCUT2D eigenvalue weighted by Gasteiger charge is 2.29. The van der Waals surface area contributed by atoms with Crippen molar-refractivity contribution in [2.75, 3.05) is 17.6 Å². The first-order chi connectivity index (χ1) is 14.8. The fourth-order valence-electron chi connectivity index (χ4n) is 3.17. The second kappa shape index (κ2) is 10.4. The van der Waals surface area contributed by atoms with Gasteiger partial charge in [-0.15, -0.1) is 0 Å². The van der Waals surface area contributed by atoms with Crippen LogP contribution >= 0.6 is 0 Å². The average Bonchev–Trinajstić information content (AvgIpc) is 3.58. The molecule has 0 heterocycles. The molecular formula is C23H29N3O4S. The molecule has 0 spiro atoms. The number of carbonyl (C=O) groups is 2. The number of hydrogen-bond donors (Lipinski definition) is 3. The van der Waals surface area contributed by atoms with Gasteiger partial charge in [0.2, 0.25) is 5.91 Å². The fraction of sp³-hybridized carbons (Fsp3) is 0.391. The lowest BCUT2D eigenvalue weighted by Crippen LogP contribution is -2.38. The van der Waals surface area contributed by atoms with Gasteiger partial charge in [-0.2, -0.15) is 0 Å². The monoisotopic (exact) mass is 443 g/mol. The van der Waals surface area contributed by atoms with Crippen LogP contribution in [0.3, 0.4) is 0 Å². The summed E-state index contributed by atoms with van der Waals surface area (Å²) in [6.45, 7) is 2.14. The molecule has 2 aromatic rings. The third-order valence-corrected chi connectivity index (χ3v) is 6.80. The Morgan fingerprint density at radius 2 is 1.71 bits per heavy atom. The number of benzene rings is 2. The highest BCUT2D eigenvalue weighted by Crippen LogP contribution is 2.30. The van der Waals surface area contributed by atoms with Crippen molar-refractivity contribution < 1.29 is 18.0 Å². The number of anilines is 1. The quantitative estimate of drug-likeness (QED) is 0.490. The van der Waals surface area contributed by atoms with Crippen molar-refractivity contribution in [3.05, 3.63) is 65.7 Å². The maximum Gasteiger partial charge on any atom is 0.315 e. The number of amides is 3. The molecule has 8 heteroatoms. The molecule has 166 valence electrons. The molecule has 1 atom stereocenters. The topological polar surface area (TPSA) is 104 Å². The Hall–Kier alpha value is -2.87. The zero-order valence-electron chi connectivity index (χ0n) is 17.6. The van der Waals surface area contributed by atoms with E-state index in [9.17, 15) is 18.0 Å². The molecule has 1 fully saturated rings. The summed E-state index contributed by atoms with van der Waals surface area (Å²) >= 11 is 0. The maximum atomic E-state index is 12.2. The second-order valence-corrected chi connectivity index (χ2v) is 10.1. The number of sulfone groups is 1. The fourth-order valence-corrected chi connectivity index (χ4v) is 4.60. The molecule has 0 saturated heterocycles. The lowest BCUT2D eigenvalue weighted by Gasteiger charge is -2.16. The third-order valence-electron chi connectivity index (χ3n) is 5.12. The van der Waals surface area contributed by atoms with E-state index in [1.165, 1.54) is 0 Å². The standard InChI is InChI=1S/C23H29N3O4S/c1-17(19-10-12-21(13-11-19)26-22(27)20-8-9-20)25-23(28)24-14-5-15-31(29,30)16-18-6-3-2-4-7-18/h2-4,6-7,10-13,17,20H,5,8-9,14-16H2,1H3,(H,26,27)(H2,24,25,28)/t17-/m0/s1. The molecule has 0 bridgehead atoms. The number of carbonyl (C=O) groups excluding carboxylic acids is 2. The first-order valence-electron chi connectivity index (χ1n) is 10.5. The van der Waals surface area contributed by atoms with Crippen LogP contribution in [0.1, 0.15) is 43.4 Å². The van der Waals surface area contributed by atoms with Gasteiger partial charge in [-0.05, 0) is 49.4 Å². The lowest BCUT2D eigenvalue weighted by molar-refractivity contribution is -0.117. The van der Waals surface area contributed by atoms with E-state index in [2.05, 4.69) is 16.0 Å². The van der Waals surface area contributed by atoms with E-state index in [-0.39, 0.29) is 41.9 Å². The molecule has 31 heavy (non-hydrogen) atoms. The molecule has 0 unspecified atom stereocenters. The van der Waals surface area contributed by atoms with Crippen LogP contribution in [-0.4, -0.2) is 32.7 Å². The Bertz CT molecular complexity index is 987. The van der Waals surface area contributed by atoms with Gasteiger partial charge >= 0.3 is 6.03 Å². The van der Waals surface area contributed by atoms with Crippen molar-refractivity contribution in [1.29, 1.82) is 0 Å². The Balaban J connectivity index is 1.36. The summed E-state index contributed by atoms with van der Waals surface area (Å²) in [6.07, 6.45) is 2.27. The van der Waals surface area contributed by atoms with E-state index in [1.807, 2.05) is 49.4 Å². The zero-order chi connectivity index (χ0) is 22.3. The van der Waals surface area contributed by atoms with Crippen molar-refractivity contribution in [3.8, 4) is 0 Å². The third kappa shape index (κ3) is 7.71. The number of hydrogen-bond acceptors (Lipinski definition) is 4. The highest BCUT2D eigenvalue weighted by atomic mass is 32.2. The van der Waals surface area contributed by atoms with Gasteiger partial charge in [-0.25, -0.2) is 13.2 Å². The first-order valence-corrected chi connectivity index (χ1v) is 12.3. The summed E-state index contributed by atoms with van der Waals surface area (Å²) in [6, 6.07) is 15.9. The number of urea groups is 1. The van der Waals surface area contributed by atoms with Crippen molar-refractivity contribution in [2.24, 2.45) is 5.92 Å². The van der Waals surface area contributed by atoms with Crippen LogP contribution in [0.4, 0.5) is 10.5 Å². The van der Waals surface area contributed by atoms with E-state index < -0.39 is 9.84 Å². The molecule has 0 aromatic heterocycles. The summed E-state index contributed by atoms with van der Waals surface area (Å²) in [4.78, 5) is 23.9. The van der Waals surface area contributed by atoms with Crippen molar-refractivity contribution in [2.45, 2.75) is 38.0 Å². The van der Waals surface area contributed by atoms with Gasteiger partial charge in [-0.3, -0.25) is 4.79 Å². The minimum absolute atomic E-state index is 0.00811. The molecule has 3 amide bonds. The summed E-state index contributed by atoms with van der Waals surface area (Å²) < 4.78 is 24.4. The van der Waals surface area contributed by atoms with Gasteiger partial charge in [0.15, 0.2) is 9.84 Å². The molecule has 7 nitrogen and oxygen atoms in total. The van der Waals surface area contributed by atoms with E-state index in [0.29, 0.717) is 6.42 Å². The summed E-state index contributed by atoms with van der Waals surface area (Å²) in [5.41, 5.74) is 2.42. The summed E-state index contributed by atoms with van der Waals surface area (Å²) in [7, 11) is -3.21. The Kier molecular flexibility index (Phi) is 7.68. The molecule has 0 aliphatic heterocycles. The van der Waals surface area contributed by atoms with Gasteiger partial charge in [-0.1, -0.05) is 42.5 Å². The van der Waals surface area contributed by atoms with Gasteiger partial charge in [0.25, 0.3) is 0 Å². The van der Waals surface area contributed by atoms with E-state index in [4.69, 9.17) is 0 Å². The largest absolute Gasteiger partial charge is 0.338 e. The molecule has 1 aliphatic rings. The van der Waals surface area contributed by atoms with Crippen LogP contribution in [0.5, 0.6) is 0 Å². The van der Waals surface area contributed by atoms with Crippen molar-refractivity contribution in [1.82, 2.24) is 10.6 Å². The minimum Gasteiger partial charge on any atom is -0.338 e. The van der Waals surface area contributed by atoms with Gasteiger partial charge in [0.1, 0.15) is 0 Å². The Labute approximate surface area is 183 Å². The van der Waals surface area contributed by atoms with E-state index >= 15 is 0 Å². The van der Waals surface area contributed by atoms with Crippen LogP contribution in [0, 0.1) is 5.92 Å². The Morgan fingerprint density at radius 1 is 1.03 bits per heavy atom. The minimum atomic E-state index is -3.21. The molecule has 1 aliphatic carbocycles. The second-order valence-electron chi connectivity index (χ2n) is 7.94. The van der Waals surface area contributed by atoms with Gasteiger partial charge in [0.05, 0.1) is 17.5 Å². The summed E-state index contributed by atoms with van der Waals surface area (Å²) in [5, 5.41) is 8.43. The predicted molar refractivity (Wildman–Crippen MR) is 121 cm³/mol. The van der Waals surface area contributed by atoms with Crippen LogP contribution in [0.2, 0.25) is 0 Å². The van der Waals surface area contributed by atoms with Gasteiger partial charge in [0, 0.05) is 18.2 Å². The molecule has 3 rings (SSSR count). The van der Waals surface area contributed by atoms with Gasteiger partial charge < -0.3 is 16.0 Å². The molecule has 3 N–H and O–H groups in total. The van der Waals surface area contributed by atoms with Crippen LogP contribution < -0.4 is 16.0 Å². The number of nitrogens with one attached hydrogen (secondary N) is 3. The first kappa shape index (κ1) is 22.8. The maximum absolute atomic E-state index is 12.2. The normalized spacial score (nSPS) is 14.5. The summed E-state index contributed by atoms with van der Waals surface area (Å²) in [5.74, 6) is 0.237. The molecule has 0 radical (unpaired) electrons. The Morgan fingerprint density at radius 3 is 2.35 bits per heavy atom. The van der Waals surface area contributed by atoms with Crippen molar-refractivity contribution in [3.63, 3.8) is 0 Å². The average molecular weight is 444 g/mol. The predicted octanol–water partition coefficient (Wildman–Crippen LogP) is 3.40. The van der Waals surface area contributed by atoms with Crippen LogP contribution in [0.25, 0.3) is 0 Å². The lowest BCUT2D eigenvalue weighted by atomic mass is 10.1. The molecule has 1 saturated carbocycles. The van der Waals surface area contributed by atoms with E-state index in [1.54, 1.807) is 12.1 Å².